The average molecular weight is 511 g/mol. The SMILES string of the molecule is CC1(O)CN(CC(N)=O)CCC1CNc1ncnc(N(Cc2ccc(C(F)(F)F)cc2)C2CC2)c1F. The first-order valence-electron chi connectivity index (χ1n) is 11.8. The van der Waals surface area contributed by atoms with E-state index in [1.165, 1.54) is 18.5 Å². The molecule has 12 heteroatoms. The van der Waals surface area contributed by atoms with E-state index >= 15 is 4.39 Å². The van der Waals surface area contributed by atoms with Gasteiger partial charge < -0.3 is 21.1 Å². The number of rotatable bonds is 9. The van der Waals surface area contributed by atoms with Gasteiger partial charge in [-0.25, -0.2) is 9.97 Å². The van der Waals surface area contributed by atoms with Crippen LogP contribution in [0.4, 0.5) is 29.2 Å². The summed E-state index contributed by atoms with van der Waals surface area (Å²) in [5, 5.41) is 13.9. The van der Waals surface area contributed by atoms with Gasteiger partial charge in [0.25, 0.3) is 0 Å². The van der Waals surface area contributed by atoms with Crippen LogP contribution in [0.25, 0.3) is 0 Å². The summed E-state index contributed by atoms with van der Waals surface area (Å²) in [7, 11) is 0. The number of alkyl halides is 3. The zero-order chi connectivity index (χ0) is 26.1. The van der Waals surface area contributed by atoms with E-state index < -0.39 is 29.1 Å². The van der Waals surface area contributed by atoms with Crippen LogP contribution in [0, 0.1) is 11.7 Å². The topological polar surface area (TPSA) is 108 Å². The Kier molecular flexibility index (Phi) is 7.37. The molecule has 36 heavy (non-hydrogen) atoms. The van der Waals surface area contributed by atoms with Gasteiger partial charge in [-0.3, -0.25) is 9.69 Å². The van der Waals surface area contributed by atoms with E-state index in [-0.39, 0.29) is 49.8 Å². The number of amides is 1. The van der Waals surface area contributed by atoms with E-state index in [1.54, 1.807) is 16.7 Å². The molecule has 1 saturated heterocycles. The normalized spacial score (nSPS) is 22.9. The van der Waals surface area contributed by atoms with Crippen molar-refractivity contribution < 1.29 is 27.5 Å². The molecule has 2 heterocycles. The Hall–Kier alpha value is -2.99. The fourth-order valence-corrected chi connectivity index (χ4v) is 4.65. The maximum absolute atomic E-state index is 15.5. The van der Waals surface area contributed by atoms with Crippen LogP contribution in [0.3, 0.4) is 0 Å². The van der Waals surface area contributed by atoms with Crippen molar-refractivity contribution in [1.82, 2.24) is 14.9 Å². The summed E-state index contributed by atoms with van der Waals surface area (Å²) in [5.41, 5.74) is 4.02. The zero-order valence-corrected chi connectivity index (χ0v) is 19.9. The Morgan fingerprint density at radius 2 is 1.94 bits per heavy atom. The van der Waals surface area contributed by atoms with Gasteiger partial charge in [0.05, 0.1) is 17.7 Å². The number of benzene rings is 1. The Morgan fingerprint density at radius 3 is 2.53 bits per heavy atom. The first-order chi connectivity index (χ1) is 16.9. The number of anilines is 2. The first-order valence-corrected chi connectivity index (χ1v) is 11.8. The number of nitrogens with zero attached hydrogens (tertiary/aromatic N) is 4. The minimum absolute atomic E-state index is 0.00608. The summed E-state index contributed by atoms with van der Waals surface area (Å²) in [6.07, 6.45) is -0.929. The molecule has 2 unspecified atom stereocenters. The second-order valence-corrected chi connectivity index (χ2v) is 9.81. The van der Waals surface area contributed by atoms with Gasteiger partial charge >= 0.3 is 6.18 Å². The van der Waals surface area contributed by atoms with Gasteiger partial charge in [0, 0.05) is 31.6 Å². The average Bonchev–Trinajstić information content (AvgIpc) is 3.62. The molecule has 1 aliphatic carbocycles. The van der Waals surface area contributed by atoms with Gasteiger partial charge in [0.15, 0.2) is 11.6 Å². The van der Waals surface area contributed by atoms with Crippen molar-refractivity contribution >= 4 is 17.5 Å². The lowest BCUT2D eigenvalue weighted by Gasteiger charge is -2.42. The van der Waals surface area contributed by atoms with Crippen molar-refractivity contribution in [1.29, 1.82) is 0 Å². The van der Waals surface area contributed by atoms with Crippen molar-refractivity contribution in [2.45, 2.75) is 50.6 Å². The molecular weight excluding hydrogens is 480 g/mol. The number of piperidine rings is 1. The molecule has 8 nitrogen and oxygen atoms in total. The maximum atomic E-state index is 15.5. The van der Waals surface area contributed by atoms with Crippen LogP contribution in [0.2, 0.25) is 0 Å². The number of halogens is 4. The number of β-amino-alcohol motifs (C(OH)–C–C–N with tert-alkyl or cyclic N) is 1. The Labute approximate surface area is 206 Å². The molecule has 0 spiro atoms. The van der Waals surface area contributed by atoms with Gasteiger partial charge in [-0.15, -0.1) is 0 Å². The van der Waals surface area contributed by atoms with Crippen molar-refractivity contribution in [3.63, 3.8) is 0 Å². The highest BCUT2D eigenvalue weighted by Crippen LogP contribution is 2.36. The number of nitrogens with two attached hydrogens (primary N) is 1. The summed E-state index contributed by atoms with van der Waals surface area (Å²) in [6.45, 7) is 3.05. The number of likely N-dealkylation sites (tertiary alicyclic amines) is 1. The molecule has 1 saturated carbocycles. The van der Waals surface area contributed by atoms with E-state index in [0.29, 0.717) is 18.5 Å². The number of aliphatic hydroxyl groups is 1. The molecule has 0 radical (unpaired) electrons. The molecule has 2 aromatic rings. The summed E-state index contributed by atoms with van der Waals surface area (Å²) in [5.74, 6) is -1.26. The number of hydrogen-bond donors (Lipinski definition) is 3. The minimum Gasteiger partial charge on any atom is -0.388 e. The van der Waals surface area contributed by atoms with E-state index in [0.717, 1.165) is 25.0 Å². The second kappa shape index (κ2) is 10.2. The molecule has 196 valence electrons. The van der Waals surface area contributed by atoms with Crippen LogP contribution in [0.15, 0.2) is 30.6 Å². The van der Waals surface area contributed by atoms with E-state index in [1.807, 2.05) is 0 Å². The number of carbonyl (C=O) groups excluding carboxylic acids is 1. The molecular formula is C24H30F4N6O2. The maximum Gasteiger partial charge on any atom is 0.416 e. The number of carbonyl (C=O) groups is 1. The molecule has 4 N–H and O–H groups in total. The Bertz CT molecular complexity index is 1080. The predicted molar refractivity (Wildman–Crippen MR) is 125 cm³/mol. The lowest BCUT2D eigenvalue weighted by molar-refractivity contribution is -0.137. The van der Waals surface area contributed by atoms with Gasteiger partial charge in [0.2, 0.25) is 11.7 Å². The molecule has 1 aromatic heterocycles. The largest absolute Gasteiger partial charge is 0.416 e. The van der Waals surface area contributed by atoms with Crippen LogP contribution in [0.1, 0.15) is 37.3 Å². The standard InChI is InChI=1S/C24H30F4N6O2/c1-23(36)13-33(12-19(29)35)9-8-17(23)10-30-21-20(25)22(32-14-31-21)34(18-6-7-18)11-15-2-4-16(5-3-15)24(26,27)28/h2-5,14,17-18,36H,6-13H2,1H3,(H2,29,35)(H,30,31,32). The highest BCUT2D eigenvalue weighted by molar-refractivity contribution is 5.75. The number of hydrogen-bond acceptors (Lipinski definition) is 7. The Morgan fingerprint density at radius 1 is 1.25 bits per heavy atom. The zero-order valence-electron chi connectivity index (χ0n) is 19.9. The quantitative estimate of drug-likeness (QED) is 0.446. The van der Waals surface area contributed by atoms with Crippen LogP contribution in [-0.4, -0.2) is 63.7 Å². The van der Waals surface area contributed by atoms with Crippen LogP contribution >= 0.6 is 0 Å². The number of nitrogens with one attached hydrogen (secondary N) is 1. The molecule has 1 amide bonds. The third-order valence-electron chi connectivity index (χ3n) is 6.78. The van der Waals surface area contributed by atoms with E-state index in [2.05, 4.69) is 15.3 Å². The molecule has 4 rings (SSSR count). The summed E-state index contributed by atoms with van der Waals surface area (Å²) < 4.78 is 54.1. The minimum atomic E-state index is -4.42. The monoisotopic (exact) mass is 510 g/mol. The molecule has 2 aliphatic rings. The summed E-state index contributed by atoms with van der Waals surface area (Å²) in [4.78, 5) is 22.9. The molecule has 0 bridgehead atoms. The summed E-state index contributed by atoms with van der Waals surface area (Å²) >= 11 is 0. The first kappa shape index (κ1) is 26.1. The third kappa shape index (κ3) is 6.22. The van der Waals surface area contributed by atoms with Gasteiger partial charge in [-0.2, -0.15) is 17.6 Å². The van der Waals surface area contributed by atoms with Crippen molar-refractivity contribution in [2.24, 2.45) is 11.7 Å². The molecule has 1 aromatic carbocycles. The fraction of sp³-hybridized carbons (Fsp3) is 0.542. The third-order valence-corrected chi connectivity index (χ3v) is 6.78. The smallest absolute Gasteiger partial charge is 0.388 e. The molecule has 2 fully saturated rings. The van der Waals surface area contributed by atoms with Crippen LogP contribution in [-0.2, 0) is 17.5 Å². The van der Waals surface area contributed by atoms with Crippen molar-refractivity contribution in [3.05, 3.63) is 47.5 Å². The van der Waals surface area contributed by atoms with E-state index in [9.17, 15) is 23.1 Å². The predicted octanol–water partition coefficient (Wildman–Crippen LogP) is 2.77. The highest BCUT2D eigenvalue weighted by Gasteiger charge is 2.38. The highest BCUT2D eigenvalue weighted by atomic mass is 19.4. The fourth-order valence-electron chi connectivity index (χ4n) is 4.65. The van der Waals surface area contributed by atoms with Crippen LogP contribution < -0.4 is 16.0 Å². The van der Waals surface area contributed by atoms with Gasteiger partial charge in [-0.05, 0) is 50.4 Å². The lowest BCUT2D eigenvalue weighted by atomic mass is 9.82. The number of primary amides is 1. The lowest BCUT2D eigenvalue weighted by Crippen LogP contribution is -2.55. The Balaban J connectivity index is 1.45. The van der Waals surface area contributed by atoms with E-state index in [4.69, 9.17) is 5.73 Å². The number of aromatic nitrogens is 2. The molecule has 1 aliphatic heterocycles. The second-order valence-electron chi connectivity index (χ2n) is 9.81. The van der Waals surface area contributed by atoms with Crippen molar-refractivity contribution in [2.75, 3.05) is 36.4 Å². The van der Waals surface area contributed by atoms with Gasteiger partial charge in [0.1, 0.15) is 6.33 Å². The van der Waals surface area contributed by atoms with Gasteiger partial charge in [-0.1, -0.05) is 12.1 Å². The summed E-state index contributed by atoms with van der Waals surface area (Å²) in [6, 6.07) is 4.86. The van der Waals surface area contributed by atoms with Crippen LogP contribution in [0.5, 0.6) is 0 Å². The molecule has 2 atom stereocenters. The van der Waals surface area contributed by atoms with Crippen molar-refractivity contribution in [3.8, 4) is 0 Å².